The summed E-state index contributed by atoms with van der Waals surface area (Å²) in [6.45, 7) is 2.87. The minimum absolute atomic E-state index is 0.277. The largest absolute Gasteiger partial charge is 0.496 e. The highest BCUT2D eigenvalue weighted by atomic mass is 32.2. The van der Waals surface area contributed by atoms with Gasteiger partial charge in [-0.15, -0.1) is 23.5 Å². The van der Waals surface area contributed by atoms with Crippen LogP contribution < -0.4 is 9.47 Å². The molecule has 5 nitrogen and oxygen atoms in total. The average Bonchev–Trinajstić information content (AvgIpc) is 3.24. The zero-order chi connectivity index (χ0) is 17.7. The van der Waals surface area contributed by atoms with E-state index in [0.717, 1.165) is 34.1 Å². The molecule has 2 heterocycles. The molecule has 0 amide bonds. The SMILES string of the molecule is COc1ccc(OC)c2c1C[C@@](O)(C1(C)OCCO1)CC21SCCS1. The highest BCUT2D eigenvalue weighted by Gasteiger charge is 2.61. The highest BCUT2D eigenvalue weighted by Crippen LogP contribution is 2.64. The van der Waals surface area contributed by atoms with E-state index in [1.165, 1.54) is 0 Å². The fraction of sp³-hybridized carbons (Fsp3) is 0.667. The number of benzene rings is 1. The molecule has 1 spiro atoms. The summed E-state index contributed by atoms with van der Waals surface area (Å²) in [6.07, 6.45) is 0.977. The Hall–Kier alpha value is -0.600. The third-order valence-electron chi connectivity index (χ3n) is 5.48. The van der Waals surface area contributed by atoms with Gasteiger partial charge in [-0.2, -0.15) is 0 Å². The second kappa shape index (κ2) is 6.23. The van der Waals surface area contributed by atoms with Crippen molar-refractivity contribution in [2.75, 3.05) is 38.9 Å². The van der Waals surface area contributed by atoms with Crippen molar-refractivity contribution in [2.24, 2.45) is 0 Å². The molecule has 2 saturated heterocycles. The topological polar surface area (TPSA) is 57.2 Å². The first-order valence-corrected chi connectivity index (χ1v) is 10.5. The third-order valence-corrected chi connectivity index (χ3v) is 8.90. The molecular formula is C18H24O5S2. The molecule has 1 aliphatic carbocycles. The molecule has 1 atom stereocenters. The summed E-state index contributed by atoms with van der Waals surface area (Å²) < 4.78 is 22.8. The number of methoxy groups -OCH3 is 2. The first kappa shape index (κ1) is 17.8. The number of aliphatic hydroxyl groups is 1. The first-order chi connectivity index (χ1) is 12.0. The average molecular weight is 385 g/mol. The molecule has 1 aromatic carbocycles. The molecule has 1 N–H and O–H groups in total. The molecule has 7 heteroatoms. The van der Waals surface area contributed by atoms with Crippen LogP contribution in [-0.4, -0.2) is 55.4 Å². The summed E-state index contributed by atoms with van der Waals surface area (Å²) in [4.78, 5) is 0. The Bertz CT molecular complexity index is 668. The van der Waals surface area contributed by atoms with Gasteiger partial charge in [0.2, 0.25) is 0 Å². The Balaban J connectivity index is 1.90. The van der Waals surface area contributed by atoms with Crippen molar-refractivity contribution < 1.29 is 24.1 Å². The Morgan fingerprint density at radius 3 is 2.24 bits per heavy atom. The normalized spacial score (nSPS) is 29.6. The second-order valence-corrected chi connectivity index (χ2v) is 9.85. The van der Waals surface area contributed by atoms with E-state index in [4.69, 9.17) is 18.9 Å². The zero-order valence-corrected chi connectivity index (χ0v) is 16.4. The van der Waals surface area contributed by atoms with Crippen molar-refractivity contribution in [1.29, 1.82) is 0 Å². The van der Waals surface area contributed by atoms with E-state index in [9.17, 15) is 5.11 Å². The smallest absolute Gasteiger partial charge is 0.195 e. The molecule has 138 valence electrons. The number of fused-ring (bicyclic) bond motifs is 2. The van der Waals surface area contributed by atoms with Crippen LogP contribution in [0.5, 0.6) is 11.5 Å². The lowest BCUT2D eigenvalue weighted by molar-refractivity contribution is -0.263. The van der Waals surface area contributed by atoms with Gasteiger partial charge in [0.05, 0.1) is 31.5 Å². The van der Waals surface area contributed by atoms with Crippen LogP contribution in [0, 0.1) is 0 Å². The Kier molecular flexibility index (Phi) is 4.44. The van der Waals surface area contributed by atoms with Gasteiger partial charge in [0.25, 0.3) is 0 Å². The van der Waals surface area contributed by atoms with E-state index in [0.29, 0.717) is 26.1 Å². The van der Waals surface area contributed by atoms with E-state index in [1.807, 2.05) is 42.6 Å². The maximum Gasteiger partial charge on any atom is 0.195 e. The van der Waals surface area contributed by atoms with Gasteiger partial charge in [-0.1, -0.05) is 0 Å². The molecule has 0 bridgehead atoms. The molecule has 25 heavy (non-hydrogen) atoms. The maximum absolute atomic E-state index is 11.7. The fourth-order valence-corrected chi connectivity index (χ4v) is 7.77. The van der Waals surface area contributed by atoms with Gasteiger partial charge in [0.1, 0.15) is 17.1 Å². The van der Waals surface area contributed by atoms with Crippen LogP contribution in [0.15, 0.2) is 12.1 Å². The predicted octanol–water partition coefficient (Wildman–Crippen LogP) is 2.78. The Morgan fingerprint density at radius 2 is 1.64 bits per heavy atom. The van der Waals surface area contributed by atoms with Gasteiger partial charge < -0.3 is 24.1 Å². The minimum atomic E-state index is -1.12. The molecule has 0 unspecified atom stereocenters. The van der Waals surface area contributed by atoms with Crippen LogP contribution in [0.25, 0.3) is 0 Å². The number of ether oxygens (including phenoxy) is 4. The fourth-order valence-electron chi connectivity index (χ4n) is 4.20. The second-order valence-electron chi connectivity index (χ2n) is 6.80. The van der Waals surface area contributed by atoms with Crippen LogP contribution in [0.4, 0.5) is 0 Å². The number of hydrogen-bond donors (Lipinski definition) is 1. The molecule has 2 aliphatic heterocycles. The van der Waals surface area contributed by atoms with Gasteiger partial charge in [-0.25, -0.2) is 0 Å². The van der Waals surface area contributed by atoms with Crippen molar-refractivity contribution >= 4 is 23.5 Å². The number of thioether (sulfide) groups is 2. The van der Waals surface area contributed by atoms with Gasteiger partial charge in [0, 0.05) is 35.5 Å². The molecule has 1 aromatic rings. The standard InChI is InChI=1S/C18H24O5S2/c1-16(22-6-7-23-16)17(19)10-12-13(20-2)4-5-14(21-3)15(12)18(11-17)24-8-9-25-18/h4-5,19H,6-11H2,1-3H3/t17-/m0/s1. The van der Waals surface area contributed by atoms with Crippen molar-refractivity contribution in [1.82, 2.24) is 0 Å². The van der Waals surface area contributed by atoms with Gasteiger partial charge in [-0.05, 0) is 19.1 Å². The lowest BCUT2D eigenvalue weighted by Crippen LogP contribution is -2.59. The zero-order valence-electron chi connectivity index (χ0n) is 14.8. The summed E-state index contributed by atoms with van der Waals surface area (Å²) in [5, 5.41) is 11.7. The van der Waals surface area contributed by atoms with E-state index < -0.39 is 11.4 Å². The quantitative estimate of drug-likeness (QED) is 0.860. The van der Waals surface area contributed by atoms with Crippen molar-refractivity contribution in [3.05, 3.63) is 23.3 Å². The molecular weight excluding hydrogens is 360 g/mol. The van der Waals surface area contributed by atoms with Crippen LogP contribution >= 0.6 is 23.5 Å². The molecule has 0 radical (unpaired) electrons. The molecule has 2 fully saturated rings. The van der Waals surface area contributed by atoms with Gasteiger partial charge in [0.15, 0.2) is 5.79 Å². The number of hydrogen-bond acceptors (Lipinski definition) is 7. The van der Waals surface area contributed by atoms with Crippen molar-refractivity contribution in [3.63, 3.8) is 0 Å². The van der Waals surface area contributed by atoms with Gasteiger partial charge >= 0.3 is 0 Å². The maximum atomic E-state index is 11.7. The van der Waals surface area contributed by atoms with E-state index >= 15 is 0 Å². The van der Waals surface area contributed by atoms with Gasteiger partial charge in [-0.3, -0.25) is 0 Å². The lowest BCUT2D eigenvalue weighted by Gasteiger charge is -2.49. The van der Waals surface area contributed by atoms with Crippen LogP contribution in [0.1, 0.15) is 24.5 Å². The lowest BCUT2D eigenvalue weighted by atomic mass is 9.74. The molecule has 3 aliphatic rings. The molecule has 0 saturated carbocycles. The third kappa shape index (κ3) is 2.58. The molecule has 0 aromatic heterocycles. The number of rotatable bonds is 3. The summed E-state index contributed by atoms with van der Waals surface area (Å²) >= 11 is 3.75. The van der Waals surface area contributed by atoms with E-state index in [2.05, 4.69) is 0 Å². The first-order valence-electron chi connectivity index (χ1n) is 8.49. The van der Waals surface area contributed by atoms with Crippen molar-refractivity contribution in [3.8, 4) is 11.5 Å². The van der Waals surface area contributed by atoms with E-state index in [1.54, 1.807) is 14.2 Å². The summed E-state index contributed by atoms with van der Waals surface area (Å²) in [5.74, 6) is 2.72. The van der Waals surface area contributed by atoms with Crippen LogP contribution in [-0.2, 0) is 20.0 Å². The summed E-state index contributed by atoms with van der Waals surface area (Å²) in [5.41, 5.74) is 1.02. The predicted molar refractivity (Wildman–Crippen MR) is 99.7 cm³/mol. The monoisotopic (exact) mass is 384 g/mol. The summed E-state index contributed by atoms with van der Waals surface area (Å²) in [6, 6.07) is 3.88. The Labute approximate surface area is 156 Å². The summed E-state index contributed by atoms with van der Waals surface area (Å²) in [7, 11) is 3.37. The van der Waals surface area contributed by atoms with Crippen LogP contribution in [0.2, 0.25) is 0 Å². The molecule has 4 rings (SSSR count). The minimum Gasteiger partial charge on any atom is -0.496 e. The highest BCUT2D eigenvalue weighted by molar-refractivity contribution is 8.20. The van der Waals surface area contributed by atoms with E-state index in [-0.39, 0.29) is 4.08 Å². The Morgan fingerprint density at radius 1 is 1.04 bits per heavy atom. The van der Waals surface area contributed by atoms with Crippen molar-refractivity contribution in [2.45, 2.75) is 35.2 Å². The van der Waals surface area contributed by atoms with Crippen LogP contribution in [0.3, 0.4) is 0 Å².